The summed E-state index contributed by atoms with van der Waals surface area (Å²) < 4.78 is 6.75. The summed E-state index contributed by atoms with van der Waals surface area (Å²) in [7, 11) is 1.60. The molecule has 1 N–H and O–H groups in total. The molecule has 0 spiro atoms. The van der Waals surface area contributed by atoms with Gasteiger partial charge in [0.15, 0.2) is 0 Å². The number of benzene rings is 2. The molecule has 4 rings (SSSR count). The zero-order valence-corrected chi connectivity index (χ0v) is 18.8. The number of piperidine rings is 1. The molecule has 0 aliphatic carbocycles. The molecule has 32 heavy (non-hydrogen) atoms. The average molecular weight is 434 g/mol. The van der Waals surface area contributed by atoms with Crippen LogP contribution in [0.1, 0.15) is 43.0 Å². The fourth-order valence-electron chi connectivity index (χ4n) is 4.48. The molecule has 1 fully saturated rings. The van der Waals surface area contributed by atoms with Crippen LogP contribution in [-0.2, 0) is 0 Å². The predicted octanol–water partition coefficient (Wildman–Crippen LogP) is 3.99. The number of ether oxygens (including phenoxy) is 1. The molecule has 1 aliphatic heterocycles. The summed E-state index contributed by atoms with van der Waals surface area (Å²) in [6, 6.07) is 15.1. The number of hydrogen-bond acceptors (Lipinski definition) is 4. The molecule has 1 amide bonds. The highest BCUT2D eigenvalue weighted by Gasteiger charge is 2.18. The van der Waals surface area contributed by atoms with Crippen LogP contribution >= 0.6 is 0 Å². The third-order valence-corrected chi connectivity index (χ3v) is 6.37. The van der Waals surface area contributed by atoms with Crippen molar-refractivity contribution >= 4 is 16.7 Å². The molecule has 0 bridgehead atoms. The van der Waals surface area contributed by atoms with Gasteiger partial charge in [-0.05, 0) is 63.1 Å². The van der Waals surface area contributed by atoms with Crippen molar-refractivity contribution in [3.63, 3.8) is 0 Å². The van der Waals surface area contributed by atoms with Crippen molar-refractivity contribution in [1.82, 2.24) is 14.8 Å². The molecule has 168 valence electrons. The Morgan fingerprint density at radius 3 is 2.56 bits per heavy atom. The minimum atomic E-state index is -0.157. The van der Waals surface area contributed by atoms with E-state index in [1.54, 1.807) is 31.5 Å². The summed E-state index contributed by atoms with van der Waals surface area (Å²) in [5, 5.41) is 4.26. The van der Waals surface area contributed by atoms with Crippen LogP contribution < -0.4 is 15.6 Å². The lowest BCUT2D eigenvalue weighted by molar-refractivity contribution is 0.0950. The van der Waals surface area contributed by atoms with Gasteiger partial charge >= 0.3 is 0 Å². The van der Waals surface area contributed by atoms with Gasteiger partial charge in [0, 0.05) is 41.8 Å². The van der Waals surface area contributed by atoms with Gasteiger partial charge in [-0.3, -0.25) is 14.2 Å². The van der Waals surface area contributed by atoms with E-state index in [2.05, 4.69) is 17.1 Å². The van der Waals surface area contributed by atoms with Crippen LogP contribution in [0.4, 0.5) is 0 Å². The third kappa shape index (κ3) is 4.70. The summed E-state index contributed by atoms with van der Waals surface area (Å²) in [5.41, 5.74) is 1.04. The molecular weight excluding hydrogens is 402 g/mol. The maximum absolute atomic E-state index is 13.1. The second-order valence-electron chi connectivity index (χ2n) is 8.45. The molecule has 1 aromatic heterocycles. The van der Waals surface area contributed by atoms with Crippen molar-refractivity contribution in [2.24, 2.45) is 0 Å². The summed E-state index contributed by atoms with van der Waals surface area (Å²) >= 11 is 0. The lowest BCUT2D eigenvalue weighted by atomic mass is 10.0. The number of fused-ring (bicyclic) bond motifs is 1. The normalized spacial score (nSPS) is 16.8. The molecule has 6 nitrogen and oxygen atoms in total. The Morgan fingerprint density at radius 1 is 1.09 bits per heavy atom. The highest BCUT2D eigenvalue weighted by Crippen LogP contribution is 2.20. The molecule has 0 saturated carbocycles. The zero-order valence-electron chi connectivity index (χ0n) is 18.8. The second-order valence-corrected chi connectivity index (χ2v) is 8.45. The number of pyridine rings is 1. The van der Waals surface area contributed by atoms with E-state index < -0.39 is 0 Å². The Bertz CT molecular complexity index is 1140. The lowest BCUT2D eigenvalue weighted by Gasteiger charge is -2.33. The van der Waals surface area contributed by atoms with Gasteiger partial charge in [0.05, 0.1) is 12.7 Å². The lowest BCUT2D eigenvalue weighted by Crippen LogP contribution is -2.39. The summed E-state index contributed by atoms with van der Waals surface area (Å²) in [4.78, 5) is 28.7. The summed E-state index contributed by atoms with van der Waals surface area (Å²) in [6.07, 6.45) is 6.38. The van der Waals surface area contributed by atoms with Crippen LogP contribution in [0.5, 0.6) is 5.75 Å². The van der Waals surface area contributed by atoms with Crippen molar-refractivity contribution in [1.29, 1.82) is 0 Å². The smallest absolute Gasteiger partial charge is 0.262 e. The Balaban J connectivity index is 1.55. The first-order valence-corrected chi connectivity index (χ1v) is 11.4. The standard InChI is InChI=1S/C26H31N3O3/c1-19-8-5-6-16-28(19)17-7-15-27-25(30)24-18-29(20-11-13-21(32-2)14-12-20)26(31)23-10-4-3-9-22(23)24/h3-4,9-14,18-19H,5-8,15-17H2,1-2H3,(H,27,30). The van der Waals surface area contributed by atoms with Crippen molar-refractivity contribution in [3.05, 3.63) is 70.6 Å². The van der Waals surface area contributed by atoms with E-state index in [0.29, 0.717) is 40.4 Å². The number of aromatic nitrogens is 1. The highest BCUT2D eigenvalue weighted by atomic mass is 16.5. The zero-order chi connectivity index (χ0) is 22.5. The van der Waals surface area contributed by atoms with E-state index in [-0.39, 0.29) is 11.5 Å². The molecule has 3 aromatic rings. The average Bonchev–Trinajstić information content (AvgIpc) is 2.83. The first-order valence-electron chi connectivity index (χ1n) is 11.4. The Labute approximate surface area is 188 Å². The number of carbonyl (C=O) groups is 1. The minimum absolute atomic E-state index is 0.151. The molecule has 6 heteroatoms. The number of nitrogens with zero attached hydrogens (tertiary/aromatic N) is 2. The van der Waals surface area contributed by atoms with Gasteiger partial charge in [0.1, 0.15) is 5.75 Å². The quantitative estimate of drug-likeness (QED) is 0.572. The summed E-state index contributed by atoms with van der Waals surface area (Å²) in [6.45, 7) is 5.03. The van der Waals surface area contributed by atoms with Crippen LogP contribution in [0.15, 0.2) is 59.5 Å². The Morgan fingerprint density at radius 2 is 1.84 bits per heavy atom. The van der Waals surface area contributed by atoms with Crippen molar-refractivity contribution in [2.75, 3.05) is 26.7 Å². The molecule has 1 unspecified atom stereocenters. The van der Waals surface area contributed by atoms with E-state index >= 15 is 0 Å². The van der Waals surface area contributed by atoms with Gasteiger partial charge in [-0.1, -0.05) is 24.6 Å². The van der Waals surface area contributed by atoms with Crippen molar-refractivity contribution in [2.45, 2.75) is 38.6 Å². The van der Waals surface area contributed by atoms with Gasteiger partial charge in [0.25, 0.3) is 11.5 Å². The number of amides is 1. The first kappa shape index (κ1) is 22.1. The predicted molar refractivity (Wildman–Crippen MR) is 128 cm³/mol. The SMILES string of the molecule is COc1ccc(-n2cc(C(=O)NCCCN3CCCCC3C)c3ccccc3c2=O)cc1. The number of rotatable bonds is 7. The highest BCUT2D eigenvalue weighted by molar-refractivity contribution is 6.06. The molecule has 0 radical (unpaired) electrons. The Kier molecular flexibility index (Phi) is 6.90. The minimum Gasteiger partial charge on any atom is -0.497 e. The largest absolute Gasteiger partial charge is 0.497 e. The van der Waals surface area contributed by atoms with Crippen LogP contribution in [0, 0.1) is 0 Å². The maximum Gasteiger partial charge on any atom is 0.262 e. The molecule has 1 atom stereocenters. The van der Waals surface area contributed by atoms with Crippen LogP contribution in [0.25, 0.3) is 16.5 Å². The maximum atomic E-state index is 13.1. The number of methoxy groups -OCH3 is 1. The van der Waals surface area contributed by atoms with E-state index in [1.165, 1.54) is 23.8 Å². The second kappa shape index (κ2) is 10.0. The molecule has 2 heterocycles. The molecule has 1 aliphatic rings. The Hall–Kier alpha value is -3.12. The summed E-state index contributed by atoms with van der Waals surface area (Å²) in [5.74, 6) is 0.554. The van der Waals surface area contributed by atoms with Crippen LogP contribution in [-0.4, -0.2) is 48.2 Å². The van der Waals surface area contributed by atoms with Crippen LogP contribution in [0.2, 0.25) is 0 Å². The van der Waals surface area contributed by atoms with Crippen molar-refractivity contribution < 1.29 is 9.53 Å². The van der Waals surface area contributed by atoms with E-state index in [4.69, 9.17) is 4.74 Å². The van der Waals surface area contributed by atoms with E-state index in [0.717, 1.165) is 19.5 Å². The van der Waals surface area contributed by atoms with E-state index in [1.807, 2.05) is 30.3 Å². The van der Waals surface area contributed by atoms with Gasteiger partial charge in [-0.15, -0.1) is 0 Å². The third-order valence-electron chi connectivity index (χ3n) is 6.37. The fraction of sp³-hybridized carbons (Fsp3) is 0.385. The van der Waals surface area contributed by atoms with Gasteiger partial charge in [0.2, 0.25) is 0 Å². The number of carbonyl (C=O) groups excluding carboxylic acids is 1. The fourth-order valence-corrected chi connectivity index (χ4v) is 4.48. The number of likely N-dealkylation sites (tertiary alicyclic amines) is 1. The topological polar surface area (TPSA) is 63.6 Å². The van der Waals surface area contributed by atoms with Gasteiger partial charge in [-0.2, -0.15) is 0 Å². The molecular formula is C26H31N3O3. The van der Waals surface area contributed by atoms with Crippen molar-refractivity contribution in [3.8, 4) is 11.4 Å². The first-order chi connectivity index (χ1) is 15.6. The van der Waals surface area contributed by atoms with Gasteiger partial charge in [-0.25, -0.2) is 0 Å². The van der Waals surface area contributed by atoms with Gasteiger partial charge < -0.3 is 15.0 Å². The van der Waals surface area contributed by atoms with E-state index in [9.17, 15) is 9.59 Å². The monoisotopic (exact) mass is 433 g/mol. The number of nitrogens with one attached hydrogen (secondary N) is 1. The molecule has 1 saturated heterocycles. The molecule has 2 aromatic carbocycles. The van der Waals surface area contributed by atoms with Crippen LogP contribution in [0.3, 0.4) is 0 Å². The number of hydrogen-bond donors (Lipinski definition) is 1.